The maximum atomic E-state index is 13.1. The maximum absolute atomic E-state index is 13.1. The van der Waals surface area contributed by atoms with Crippen molar-refractivity contribution in [2.75, 3.05) is 5.75 Å². The van der Waals surface area contributed by atoms with Gasteiger partial charge >= 0.3 is 5.97 Å². The third-order valence-corrected chi connectivity index (χ3v) is 4.55. The predicted octanol–water partition coefficient (Wildman–Crippen LogP) is 2.95. The lowest BCUT2D eigenvalue weighted by molar-refractivity contribution is -0.145. The van der Waals surface area contributed by atoms with E-state index in [0.29, 0.717) is 17.7 Å². The number of benzene rings is 1. The van der Waals surface area contributed by atoms with E-state index >= 15 is 0 Å². The SMILES string of the molecule is CCC1=C(c2ccc(F)cc2)N(C(C)C(=O)O)C(=O)CS1. The number of hydrogen-bond acceptors (Lipinski definition) is 3. The molecule has 1 amide bonds. The number of thioether (sulfide) groups is 1. The molecular formula is C15H16FNO3S. The van der Waals surface area contributed by atoms with E-state index in [-0.39, 0.29) is 17.5 Å². The Morgan fingerprint density at radius 2 is 2.05 bits per heavy atom. The fraction of sp³-hybridized carbons (Fsp3) is 0.333. The van der Waals surface area contributed by atoms with Gasteiger partial charge in [-0.1, -0.05) is 6.92 Å². The average molecular weight is 309 g/mol. The minimum Gasteiger partial charge on any atom is -0.480 e. The molecule has 21 heavy (non-hydrogen) atoms. The summed E-state index contributed by atoms with van der Waals surface area (Å²) < 4.78 is 13.1. The molecule has 1 aliphatic rings. The van der Waals surface area contributed by atoms with Crippen LogP contribution in [0.3, 0.4) is 0 Å². The molecule has 0 aliphatic carbocycles. The first-order valence-electron chi connectivity index (χ1n) is 6.62. The van der Waals surface area contributed by atoms with E-state index in [4.69, 9.17) is 0 Å². The van der Waals surface area contributed by atoms with Crippen LogP contribution in [0.15, 0.2) is 29.2 Å². The summed E-state index contributed by atoms with van der Waals surface area (Å²) in [6.07, 6.45) is 0.688. The zero-order valence-electron chi connectivity index (χ0n) is 11.8. The van der Waals surface area contributed by atoms with E-state index in [1.807, 2.05) is 6.92 Å². The molecule has 1 N–H and O–H groups in total. The number of rotatable bonds is 4. The summed E-state index contributed by atoms with van der Waals surface area (Å²) in [4.78, 5) is 25.7. The Hall–Kier alpha value is -1.82. The van der Waals surface area contributed by atoms with Gasteiger partial charge in [-0.2, -0.15) is 0 Å². The van der Waals surface area contributed by atoms with Crippen LogP contribution in [0.1, 0.15) is 25.8 Å². The molecule has 0 saturated heterocycles. The largest absolute Gasteiger partial charge is 0.480 e. The third-order valence-electron chi connectivity index (χ3n) is 3.33. The van der Waals surface area contributed by atoms with Crippen LogP contribution in [0, 0.1) is 5.82 Å². The Bertz CT molecular complexity index is 597. The number of nitrogens with zero attached hydrogens (tertiary/aromatic N) is 1. The Balaban J connectivity index is 2.56. The normalized spacial score (nSPS) is 17.1. The van der Waals surface area contributed by atoms with E-state index in [0.717, 1.165) is 4.91 Å². The predicted molar refractivity (Wildman–Crippen MR) is 80.0 cm³/mol. The molecule has 1 aromatic carbocycles. The number of carbonyl (C=O) groups excluding carboxylic acids is 1. The van der Waals surface area contributed by atoms with Gasteiger partial charge in [-0.25, -0.2) is 9.18 Å². The molecule has 2 rings (SSSR count). The van der Waals surface area contributed by atoms with Crippen LogP contribution in [0.2, 0.25) is 0 Å². The number of carbonyl (C=O) groups is 2. The van der Waals surface area contributed by atoms with Gasteiger partial charge in [0.15, 0.2) is 0 Å². The molecule has 0 radical (unpaired) electrons. The Kier molecular flexibility index (Phi) is 4.67. The van der Waals surface area contributed by atoms with E-state index in [1.54, 1.807) is 12.1 Å². The monoisotopic (exact) mass is 309 g/mol. The van der Waals surface area contributed by atoms with Crippen LogP contribution < -0.4 is 0 Å². The van der Waals surface area contributed by atoms with Crippen molar-refractivity contribution in [3.63, 3.8) is 0 Å². The molecule has 1 atom stereocenters. The molecule has 0 spiro atoms. The summed E-state index contributed by atoms with van der Waals surface area (Å²) in [7, 11) is 0. The number of allylic oxidation sites excluding steroid dienone is 1. The molecule has 1 unspecified atom stereocenters. The number of carboxylic acid groups (broad SMARTS) is 1. The van der Waals surface area contributed by atoms with Crippen LogP contribution in [0.4, 0.5) is 4.39 Å². The minimum atomic E-state index is -1.06. The fourth-order valence-corrected chi connectivity index (χ4v) is 3.24. The summed E-state index contributed by atoms with van der Waals surface area (Å²) >= 11 is 1.41. The summed E-state index contributed by atoms with van der Waals surface area (Å²) in [6.45, 7) is 3.43. The third kappa shape index (κ3) is 3.10. The van der Waals surface area contributed by atoms with Crippen molar-refractivity contribution in [1.82, 2.24) is 4.90 Å². The van der Waals surface area contributed by atoms with Crippen molar-refractivity contribution < 1.29 is 19.1 Å². The zero-order valence-corrected chi connectivity index (χ0v) is 12.6. The smallest absolute Gasteiger partial charge is 0.326 e. The van der Waals surface area contributed by atoms with Crippen molar-refractivity contribution >= 4 is 29.3 Å². The van der Waals surface area contributed by atoms with Gasteiger partial charge in [0.25, 0.3) is 0 Å². The van der Waals surface area contributed by atoms with E-state index in [1.165, 1.54) is 35.7 Å². The second-order valence-corrected chi connectivity index (χ2v) is 5.77. The zero-order chi connectivity index (χ0) is 15.6. The van der Waals surface area contributed by atoms with Gasteiger partial charge < -0.3 is 5.11 Å². The summed E-state index contributed by atoms with van der Waals surface area (Å²) in [5.41, 5.74) is 1.23. The molecule has 1 aliphatic heterocycles. The highest BCUT2D eigenvalue weighted by molar-refractivity contribution is 8.04. The molecule has 0 aromatic heterocycles. The van der Waals surface area contributed by atoms with Crippen molar-refractivity contribution in [1.29, 1.82) is 0 Å². The van der Waals surface area contributed by atoms with Gasteiger partial charge in [0.2, 0.25) is 5.91 Å². The molecule has 0 bridgehead atoms. The number of carboxylic acids is 1. The van der Waals surface area contributed by atoms with Crippen molar-refractivity contribution in [3.8, 4) is 0 Å². The first kappa shape index (κ1) is 15.6. The second kappa shape index (κ2) is 6.30. The molecule has 112 valence electrons. The fourth-order valence-electron chi connectivity index (χ4n) is 2.24. The molecule has 0 saturated carbocycles. The van der Waals surface area contributed by atoms with Gasteiger partial charge in [0.05, 0.1) is 11.4 Å². The maximum Gasteiger partial charge on any atom is 0.326 e. The number of hydrogen-bond donors (Lipinski definition) is 1. The van der Waals surface area contributed by atoms with Crippen molar-refractivity contribution in [3.05, 3.63) is 40.6 Å². The molecule has 0 fully saturated rings. The van der Waals surface area contributed by atoms with Gasteiger partial charge in [0.1, 0.15) is 11.9 Å². The van der Waals surface area contributed by atoms with Gasteiger partial charge in [0, 0.05) is 4.91 Å². The Morgan fingerprint density at radius 3 is 2.57 bits per heavy atom. The molecular weight excluding hydrogens is 293 g/mol. The van der Waals surface area contributed by atoms with Crippen LogP contribution >= 0.6 is 11.8 Å². The lowest BCUT2D eigenvalue weighted by atomic mass is 10.1. The number of halogens is 1. The number of amides is 1. The summed E-state index contributed by atoms with van der Waals surface area (Å²) in [6, 6.07) is 4.80. The van der Waals surface area contributed by atoms with Crippen molar-refractivity contribution in [2.45, 2.75) is 26.3 Å². The van der Waals surface area contributed by atoms with Crippen LogP contribution in [-0.4, -0.2) is 33.7 Å². The standard InChI is InChI=1S/C15H16FNO3S/c1-3-12-14(10-4-6-11(16)7-5-10)17(9(2)15(19)20)13(18)8-21-12/h4-7,9H,3,8H2,1-2H3,(H,19,20). The molecule has 4 nitrogen and oxygen atoms in total. The highest BCUT2D eigenvalue weighted by atomic mass is 32.2. The van der Waals surface area contributed by atoms with Crippen LogP contribution in [0.5, 0.6) is 0 Å². The van der Waals surface area contributed by atoms with Crippen molar-refractivity contribution in [2.24, 2.45) is 0 Å². The molecule has 1 aromatic rings. The average Bonchev–Trinajstić information content (AvgIpc) is 2.47. The Labute approximate surface area is 126 Å². The first-order chi connectivity index (χ1) is 9.95. The lowest BCUT2D eigenvalue weighted by Gasteiger charge is -2.34. The topological polar surface area (TPSA) is 57.6 Å². The summed E-state index contributed by atoms with van der Waals surface area (Å²) in [5, 5.41) is 9.24. The molecule has 6 heteroatoms. The highest BCUT2D eigenvalue weighted by Crippen LogP contribution is 2.37. The van der Waals surface area contributed by atoms with Gasteiger partial charge in [-0.15, -0.1) is 11.8 Å². The van der Waals surface area contributed by atoms with E-state index in [2.05, 4.69) is 0 Å². The Morgan fingerprint density at radius 1 is 1.43 bits per heavy atom. The van der Waals surface area contributed by atoms with Gasteiger partial charge in [-0.3, -0.25) is 9.69 Å². The lowest BCUT2D eigenvalue weighted by Crippen LogP contribution is -2.44. The van der Waals surface area contributed by atoms with E-state index < -0.39 is 12.0 Å². The van der Waals surface area contributed by atoms with Gasteiger partial charge in [-0.05, 0) is 43.2 Å². The minimum absolute atomic E-state index is 0.228. The number of aliphatic carboxylic acids is 1. The van der Waals surface area contributed by atoms with E-state index in [9.17, 15) is 19.1 Å². The second-order valence-electron chi connectivity index (χ2n) is 4.70. The summed E-state index contributed by atoms with van der Waals surface area (Å²) in [5.74, 6) is -1.45. The quantitative estimate of drug-likeness (QED) is 0.929. The molecule has 1 heterocycles. The highest BCUT2D eigenvalue weighted by Gasteiger charge is 2.34. The van der Waals surface area contributed by atoms with Crippen LogP contribution in [0.25, 0.3) is 5.70 Å². The van der Waals surface area contributed by atoms with Crippen LogP contribution in [-0.2, 0) is 9.59 Å². The first-order valence-corrected chi connectivity index (χ1v) is 7.61.